The molecule has 0 unspecified atom stereocenters. The number of methoxy groups -OCH3 is 1. The average molecular weight is 442 g/mol. The van der Waals surface area contributed by atoms with E-state index in [4.69, 9.17) is 4.74 Å². The first-order valence-electron chi connectivity index (χ1n) is 11.1. The van der Waals surface area contributed by atoms with Crippen LogP contribution in [0.15, 0.2) is 41.8 Å². The molecule has 2 aliphatic heterocycles. The first-order valence-corrected chi connectivity index (χ1v) is 12.0. The van der Waals surface area contributed by atoms with Crippen molar-refractivity contribution in [2.75, 3.05) is 39.8 Å². The molecule has 2 saturated heterocycles. The summed E-state index contributed by atoms with van der Waals surface area (Å²) in [5.74, 6) is 1.02. The highest BCUT2D eigenvalue weighted by Gasteiger charge is 2.29. The molecule has 0 saturated carbocycles. The Morgan fingerprint density at radius 1 is 1.10 bits per heavy atom. The lowest BCUT2D eigenvalue weighted by Crippen LogP contribution is -2.44. The fraction of sp³-hybridized carbons (Fsp3) is 0.500. The lowest BCUT2D eigenvalue weighted by Gasteiger charge is -2.32. The Labute approximate surface area is 188 Å². The molecule has 2 aliphatic rings. The molecule has 0 radical (unpaired) electrons. The minimum absolute atomic E-state index is 0.0255. The summed E-state index contributed by atoms with van der Waals surface area (Å²) >= 11 is 1.47. The predicted octanol–water partition coefficient (Wildman–Crippen LogP) is 3.56. The highest BCUT2D eigenvalue weighted by atomic mass is 32.1. The van der Waals surface area contributed by atoms with Gasteiger partial charge in [0.1, 0.15) is 5.75 Å². The standard InChI is InChI=1S/C24H31N3O3S/c1-30-20-8-6-18(7-9-20)21(26-12-2-3-13-26)17-25-23(28)19-10-14-27(15-11-19)24(29)22-5-4-16-31-22/h4-9,16,19,21H,2-3,10-15,17H2,1H3,(H,25,28)/t21-/m0/s1. The van der Waals surface area contributed by atoms with Crippen LogP contribution >= 0.6 is 11.3 Å². The molecule has 1 atom stereocenters. The molecule has 0 bridgehead atoms. The van der Waals surface area contributed by atoms with Gasteiger partial charge in [0.05, 0.1) is 18.0 Å². The van der Waals surface area contributed by atoms with Crippen molar-refractivity contribution in [3.63, 3.8) is 0 Å². The van der Waals surface area contributed by atoms with Gasteiger partial charge in [-0.3, -0.25) is 14.5 Å². The summed E-state index contributed by atoms with van der Waals surface area (Å²) in [7, 11) is 1.67. The Morgan fingerprint density at radius 2 is 1.81 bits per heavy atom. The van der Waals surface area contributed by atoms with E-state index >= 15 is 0 Å². The molecular weight excluding hydrogens is 410 g/mol. The number of nitrogens with zero attached hydrogens (tertiary/aromatic N) is 2. The van der Waals surface area contributed by atoms with E-state index in [1.807, 2.05) is 34.5 Å². The van der Waals surface area contributed by atoms with Crippen molar-refractivity contribution < 1.29 is 14.3 Å². The summed E-state index contributed by atoms with van der Waals surface area (Å²) in [6, 6.07) is 12.1. The Balaban J connectivity index is 1.32. The summed E-state index contributed by atoms with van der Waals surface area (Å²) in [6.07, 6.45) is 3.86. The molecule has 31 heavy (non-hydrogen) atoms. The third-order valence-corrected chi connectivity index (χ3v) is 7.29. The highest BCUT2D eigenvalue weighted by Crippen LogP contribution is 2.27. The van der Waals surface area contributed by atoms with Gasteiger partial charge in [-0.1, -0.05) is 18.2 Å². The van der Waals surface area contributed by atoms with Gasteiger partial charge < -0.3 is 15.0 Å². The van der Waals surface area contributed by atoms with Crippen molar-refractivity contribution in [3.05, 3.63) is 52.2 Å². The lowest BCUT2D eigenvalue weighted by atomic mass is 9.95. The molecule has 0 spiro atoms. The van der Waals surface area contributed by atoms with Gasteiger partial charge in [0, 0.05) is 25.6 Å². The number of thiophene rings is 1. The Kier molecular flexibility index (Phi) is 7.25. The Bertz CT molecular complexity index is 855. The quantitative estimate of drug-likeness (QED) is 0.714. The molecule has 6 nitrogen and oxygen atoms in total. The molecule has 2 aromatic rings. The van der Waals surface area contributed by atoms with Gasteiger partial charge in [0.25, 0.3) is 5.91 Å². The maximum absolute atomic E-state index is 12.9. The average Bonchev–Trinajstić information content (AvgIpc) is 3.54. The second-order valence-electron chi connectivity index (χ2n) is 8.32. The molecule has 1 aromatic carbocycles. The zero-order valence-corrected chi connectivity index (χ0v) is 18.9. The van der Waals surface area contributed by atoms with Crippen LogP contribution in [-0.2, 0) is 4.79 Å². The van der Waals surface area contributed by atoms with E-state index in [1.54, 1.807) is 7.11 Å². The number of rotatable bonds is 7. The van der Waals surface area contributed by atoms with Crippen molar-refractivity contribution in [1.82, 2.24) is 15.1 Å². The van der Waals surface area contributed by atoms with Gasteiger partial charge >= 0.3 is 0 Å². The Hall–Kier alpha value is -2.38. The summed E-state index contributed by atoms with van der Waals surface area (Å²) < 4.78 is 5.29. The normalized spacial score (nSPS) is 18.7. The van der Waals surface area contributed by atoms with Crippen LogP contribution in [0.1, 0.15) is 47.0 Å². The van der Waals surface area contributed by atoms with Gasteiger partial charge in [-0.2, -0.15) is 0 Å². The van der Waals surface area contributed by atoms with Crippen LogP contribution in [0.3, 0.4) is 0 Å². The third-order valence-electron chi connectivity index (χ3n) is 6.44. The van der Waals surface area contributed by atoms with Crippen LogP contribution in [0.25, 0.3) is 0 Å². The number of likely N-dealkylation sites (tertiary alicyclic amines) is 2. The molecule has 166 valence electrons. The molecule has 0 aliphatic carbocycles. The molecule has 7 heteroatoms. The minimum Gasteiger partial charge on any atom is -0.497 e. The van der Waals surface area contributed by atoms with E-state index in [1.165, 1.54) is 29.7 Å². The molecular formula is C24H31N3O3S. The number of amides is 2. The van der Waals surface area contributed by atoms with Crippen LogP contribution < -0.4 is 10.1 Å². The monoisotopic (exact) mass is 441 g/mol. The first-order chi connectivity index (χ1) is 15.2. The number of carbonyl (C=O) groups is 2. The van der Waals surface area contributed by atoms with Crippen molar-refractivity contribution in [2.24, 2.45) is 5.92 Å². The molecule has 1 aromatic heterocycles. The third kappa shape index (κ3) is 5.28. The number of piperidine rings is 1. The van der Waals surface area contributed by atoms with Gasteiger partial charge in [-0.25, -0.2) is 0 Å². The van der Waals surface area contributed by atoms with Crippen molar-refractivity contribution in [1.29, 1.82) is 0 Å². The summed E-state index contributed by atoms with van der Waals surface area (Å²) in [5.41, 5.74) is 1.21. The van der Waals surface area contributed by atoms with Crippen molar-refractivity contribution in [2.45, 2.75) is 31.7 Å². The summed E-state index contributed by atoms with van der Waals surface area (Å²) in [5, 5.41) is 5.14. The Morgan fingerprint density at radius 3 is 2.42 bits per heavy atom. The summed E-state index contributed by atoms with van der Waals surface area (Å²) in [6.45, 7) is 4.02. The van der Waals surface area contributed by atoms with E-state index in [-0.39, 0.29) is 23.8 Å². The number of hydrogen-bond acceptors (Lipinski definition) is 5. The van der Waals surface area contributed by atoms with Gasteiger partial charge in [0.2, 0.25) is 5.91 Å². The largest absolute Gasteiger partial charge is 0.497 e. The zero-order chi connectivity index (χ0) is 21.6. The highest BCUT2D eigenvalue weighted by molar-refractivity contribution is 7.12. The SMILES string of the molecule is COc1ccc([C@H](CNC(=O)C2CCN(C(=O)c3cccs3)CC2)N2CCCC2)cc1. The van der Waals surface area contributed by atoms with Crippen LogP contribution in [0.4, 0.5) is 0 Å². The van der Waals surface area contributed by atoms with E-state index in [0.717, 1.165) is 36.6 Å². The van der Waals surface area contributed by atoms with E-state index in [9.17, 15) is 9.59 Å². The van der Waals surface area contributed by atoms with Gasteiger partial charge in [0.15, 0.2) is 0 Å². The molecule has 1 N–H and O–H groups in total. The molecule has 3 heterocycles. The number of ether oxygens (including phenoxy) is 1. The summed E-state index contributed by atoms with van der Waals surface area (Å²) in [4.78, 5) is 30.5. The predicted molar refractivity (Wildman–Crippen MR) is 122 cm³/mol. The number of carbonyl (C=O) groups excluding carboxylic acids is 2. The number of benzene rings is 1. The maximum Gasteiger partial charge on any atom is 0.263 e. The first kappa shape index (κ1) is 21.8. The van der Waals surface area contributed by atoms with Gasteiger partial charge in [-0.15, -0.1) is 11.3 Å². The van der Waals surface area contributed by atoms with Crippen LogP contribution in [-0.4, -0.2) is 61.4 Å². The minimum atomic E-state index is -0.0255. The topological polar surface area (TPSA) is 61.9 Å². The second kappa shape index (κ2) is 10.3. The zero-order valence-electron chi connectivity index (χ0n) is 18.1. The van der Waals surface area contributed by atoms with E-state index < -0.39 is 0 Å². The molecule has 2 amide bonds. The van der Waals surface area contributed by atoms with Gasteiger partial charge in [-0.05, 0) is 67.9 Å². The molecule has 2 fully saturated rings. The fourth-order valence-electron chi connectivity index (χ4n) is 4.58. The number of nitrogens with one attached hydrogen (secondary N) is 1. The van der Waals surface area contributed by atoms with E-state index in [0.29, 0.717) is 19.6 Å². The van der Waals surface area contributed by atoms with Crippen LogP contribution in [0.5, 0.6) is 5.75 Å². The lowest BCUT2D eigenvalue weighted by molar-refractivity contribution is -0.126. The van der Waals surface area contributed by atoms with Crippen molar-refractivity contribution >= 4 is 23.2 Å². The fourth-order valence-corrected chi connectivity index (χ4v) is 5.27. The van der Waals surface area contributed by atoms with Crippen LogP contribution in [0.2, 0.25) is 0 Å². The second-order valence-corrected chi connectivity index (χ2v) is 9.27. The number of hydrogen-bond donors (Lipinski definition) is 1. The van der Waals surface area contributed by atoms with E-state index in [2.05, 4.69) is 22.3 Å². The van der Waals surface area contributed by atoms with Crippen LogP contribution in [0, 0.1) is 5.92 Å². The molecule has 4 rings (SSSR count). The maximum atomic E-state index is 12.9. The van der Waals surface area contributed by atoms with Crippen molar-refractivity contribution in [3.8, 4) is 5.75 Å². The smallest absolute Gasteiger partial charge is 0.263 e.